The second kappa shape index (κ2) is 5.76. The van der Waals surface area contributed by atoms with Crippen molar-refractivity contribution in [1.29, 1.82) is 0 Å². The number of nitrogens with zero attached hydrogens (tertiary/aromatic N) is 1. The van der Waals surface area contributed by atoms with Gasteiger partial charge in [-0.05, 0) is 38.7 Å². The molecule has 0 saturated carbocycles. The van der Waals surface area contributed by atoms with Crippen molar-refractivity contribution in [3.8, 4) is 0 Å². The normalized spacial score (nSPS) is 23.8. The second-order valence-corrected chi connectivity index (χ2v) is 6.19. The minimum atomic E-state index is -0.722. The molecule has 0 bridgehead atoms. The molecule has 1 aliphatic rings. The van der Waals surface area contributed by atoms with Crippen LogP contribution in [0.1, 0.15) is 34.1 Å². The van der Waals surface area contributed by atoms with Crippen LogP contribution in [0.25, 0.3) is 0 Å². The van der Waals surface area contributed by atoms with Crippen molar-refractivity contribution in [2.24, 2.45) is 0 Å². The Balaban J connectivity index is 2.64. The Hall–Kier alpha value is -0.710. The summed E-state index contributed by atoms with van der Waals surface area (Å²) in [5.74, 6) is 2.09. The van der Waals surface area contributed by atoms with E-state index in [1.165, 1.54) is 0 Å². The summed E-state index contributed by atoms with van der Waals surface area (Å²) in [5, 5.41) is 2.72. The van der Waals surface area contributed by atoms with E-state index in [1.807, 2.05) is 11.8 Å². The van der Waals surface area contributed by atoms with Crippen molar-refractivity contribution in [2.45, 2.75) is 45.7 Å². The molecule has 0 radical (unpaired) electrons. The lowest BCUT2D eigenvalue weighted by Crippen LogP contribution is -2.67. The lowest BCUT2D eigenvalue weighted by Gasteiger charge is -2.43. The number of thioether (sulfide) groups is 1. The van der Waals surface area contributed by atoms with E-state index in [2.05, 4.69) is 12.2 Å². The van der Waals surface area contributed by atoms with Crippen LogP contribution in [0.5, 0.6) is 0 Å². The molecule has 0 aromatic carbocycles. The van der Waals surface area contributed by atoms with Crippen LogP contribution in [0, 0.1) is 0 Å². The maximum atomic E-state index is 12.1. The molecule has 0 aromatic heterocycles. The van der Waals surface area contributed by atoms with E-state index in [4.69, 9.17) is 0 Å². The quantitative estimate of drug-likeness (QED) is 0.755. The summed E-state index contributed by atoms with van der Waals surface area (Å²) in [6, 6.07) is -0.394. The first-order chi connectivity index (χ1) is 7.91. The van der Waals surface area contributed by atoms with Gasteiger partial charge in [0.2, 0.25) is 11.8 Å². The molecule has 17 heavy (non-hydrogen) atoms. The summed E-state index contributed by atoms with van der Waals surface area (Å²) >= 11 is 1.86. The van der Waals surface area contributed by atoms with Crippen LogP contribution in [-0.4, -0.2) is 46.3 Å². The first-order valence-electron chi connectivity index (χ1n) is 6.11. The fraction of sp³-hybridized carbons (Fsp3) is 0.833. The maximum Gasteiger partial charge on any atom is 0.246 e. The number of carbonyl (C=O) groups excluding carboxylic acids is 2. The smallest absolute Gasteiger partial charge is 0.246 e. The van der Waals surface area contributed by atoms with E-state index < -0.39 is 11.6 Å². The van der Waals surface area contributed by atoms with Gasteiger partial charge in [0.05, 0.1) is 0 Å². The van der Waals surface area contributed by atoms with Crippen LogP contribution in [0.2, 0.25) is 0 Å². The number of rotatable bonds is 5. The molecular weight excluding hydrogens is 236 g/mol. The molecule has 1 aliphatic heterocycles. The molecule has 1 saturated heterocycles. The molecule has 0 spiro atoms. The average Bonchev–Trinajstić information content (AvgIpc) is 2.26. The van der Waals surface area contributed by atoms with E-state index in [0.717, 1.165) is 17.9 Å². The molecule has 5 heteroatoms. The van der Waals surface area contributed by atoms with Crippen LogP contribution in [0.15, 0.2) is 0 Å². The van der Waals surface area contributed by atoms with E-state index in [-0.39, 0.29) is 11.8 Å². The average molecular weight is 258 g/mol. The highest BCUT2D eigenvalue weighted by Crippen LogP contribution is 2.21. The minimum absolute atomic E-state index is 0.0242. The van der Waals surface area contributed by atoms with E-state index >= 15 is 0 Å². The van der Waals surface area contributed by atoms with Gasteiger partial charge in [-0.2, -0.15) is 11.8 Å². The lowest BCUT2D eigenvalue weighted by atomic mass is 9.96. The highest BCUT2D eigenvalue weighted by molar-refractivity contribution is 7.99. The van der Waals surface area contributed by atoms with Crippen LogP contribution < -0.4 is 5.32 Å². The first kappa shape index (κ1) is 14.4. The van der Waals surface area contributed by atoms with Crippen LogP contribution >= 0.6 is 11.8 Å². The van der Waals surface area contributed by atoms with E-state index in [9.17, 15) is 9.59 Å². The van der Waals surface area contributed by atoms with Gasteiger partial charge in [-0.1, -0.05) is 6.92 Å². The zero-order chi connectivity index (χ0) is 13.1. The van der Waals surface area contributed by atoms with Crippen LogP contribution in [0.4, 0.5) is 0 Å². The van der Waals surface area contributed by atoms with E-state index in [1.54, 1.807) is 25.7 Å². The number of carbonyl (C=O) groups is 2. The zero-order valence-corrected chi connectivity index (χ0v) is 11.9. The Bertz CT molecular complexity index is 305. The standard InChI is InChI=1S/C12H22N2O2S/c1-5-17-8-6-7-14-10(15)9(2)13-11(16)12(14,3)4/h9H,5-8H2,1-4H3,(H,13,16). The molecule has 0 aromatic rings. The summed E-state index contributed by atoms with van der Waals surface area (Å²) in [6.45, 7) is 8.13. The minimum Gasteiger partial charge on any atom is -0.343 e. The molecule has 1 heterocycles. The Labute approximate surface area is 108 Å². The van der Waals surface area contributed by atoms with Crippen molar-refractivity contribution in [1.82, 2.24) is 10.2 Å². The largest absolute Gasteiger partial charge is 0.343 e. The van der Waals surface area contributed by atoms with Gasteiger partial charge in [-0.15, -0.1) is 0 Å². The van der Waals surface area contributed by atoms with Crippen molar-refractivity contribution in [3.63, 3.8) is 0 Å². The van der Waals surface area contributed by atoms with Crippen molar-refractivity contribution >= 4 is 23.6 Å². The van der Waals surface area contributed by atoms with Gasteiger partial charge in [0.15, 0.2) is 0 Å². The Kier molecular flexibility index (Phi) is 4.86. The van der Waals surface area contributed by atoms with Gasteiger partial charge in [0, 0.05) is 6.54 Å². The molecule has 0 aliphatic carbocycles. The summed E-state index contributed by atoms with van der Waals surface area (Å²) in [4.78, 5) is 25.6. The first-order valence-corrected chi connectivity index (χ1v) is 7.27. The van der Waals surface area contributed by atoms with Crippen molar-refractivity contribution in [2.75, 3.05) is 18.1 Å². The number of nitrogens with one attached hydrogen (secondary N) is 1. The summed E-state index contributed by atoms with van der Waals surface area (Å²) in [5.41, 5.74) is -0.722. The van der Waals surface area contributed by atoms with Gasteiger partial charge < -0.3 is 10.2 Å². The number of amides is 2. The fourth-order valence-electron chi connectivity index (χ4n) is 1.93. The predicted octanol–water partition coefficient (Wildman–Crippen LogP) is 1.26. The lowest BCUT2D eigenvalue weighted by molar-refractivity contribution is -0.154. The van der Waals surface area contributed by atoms with Gasteiger partial charge in [0.25, 0.3) is 0 Å². The molecule has 1 atom stereocenters. The highest BCUT2D eigenvalue weighted by Gasteiger charge is 2.44. The topological polar surface area (TPSA) is 49.4 Å². The molecule has 2 amide bonds. The number of hydrogen-bond acceptors (Lipinski definition) is 3. The van der Waals surface area contributed by atoms with Gasteiger partial charge in [-0.3, -0.25) is 9.59 Å². The number of piperazine rings is 1. The third kappa shape index (κ3) is 3.15. The zero-order valence-electron chi connectivity index (χ0n) is 11.1. The molecule has 1 unspecified atom stereocenters. The van der Waals surface area contributed by atoms with Crippen molar-refractivity contribution < 1.29 is 9.59 Å². The van der Waals surface area contributed by atoms with E-state index in [0.29, 0.717) is 6.54 Å². The van der Waals surface area contributed by atoms with Gasteiger partial charge in [0.1, 0.15) is 11.6 Å². The predicted molar refractivity (Wildman–Crippen MR) is 71.0 cm³/mol. The third-order valence-electron chi connectivity index (χ3n) is 3.09. The SMILES string of the molecule is CCSCCCN1C(=O)C(C)NC(=O)C1(C)C. The van der Waals surface area contributed by atoms with Gasteiger partial charge in [-0.25, -0.2) is 0 Å². The molecular formula is C12H22N2O2S. The van der Waals surface area contributed by atoms with Crippen molar-refractivity contribution in [3.05, 3.63) is 0 Å². The molecule has 98 valence electrons. The van der Waals surface area contributed by atoms with Crippen LogP contribution in [-0.2, 0) is 9.59 Å². The molecule has 1 N–H and O–H groups in total. The number of hydrogen-bond donors (Lipinski definition) is 1. The molecule has 1 fully saturated rings. The fourth-order valence-corrected chi connectivity index (χ4v) is 2.55. The van der Waals surface area contributed by atoms with Gasteiger partial charge >= 0.3 is 0 Å². The molecule has 4 nitrogen and oxygen atoms in total. The molecule has 1 rings (SSSR count). The summed E-state index contributed by atoms with van der Waals surface area (Å²) in [7, 11) is 0. The van der Waals surface area contributed by atoms with Crippen LogP contribution in [0.3, 0.4) is 0 Å². The highest BCUT2D eigenvalue weighted by atomic mass is 32.2. The Morgan fingerprint density at radius 2 is 2.06 bits per heavy atom. The second-order valence-electron chi connectivity index (χ2n) is 4.79. The summed E-state index contributed by atoms with van der Waals surface area (Å²) in [6.07, 6.45) is 0.938. The maximum absolute atomic E-state index is 12.1. The Morgan fingerprint density at radius 1 is 1.41 bits per heavy atom. The Morgan fingerprint density at radius 3 is 2.65 bits per heavy atom. The summed E-state index contributed by atoms with van der Waals surface area (Å²) < 4.78 is 0. The monoisotopic (exact) mass is 258 g/mol. The third-order valence-corrected chi connectivity index (χ3v) is 4.07.